The first-order chi connectivity index (χ1) is 19.6. The molecule has 8 nitrogen and oxygen atoms in total. The van der Waals surface area contributed by atoms with Gasteiger partial charge in [0.15, 0.2) is 11.4 Å². The average molecular weight is 562 g/mol. The number of aromatic hydroxyl groups is 2. The zero-order valence-electron chi connectivity index (χ0n) is 21.4. The van der Waals surface area contributed by atoms with Crippen molar-refractivity contribution in [3.63, 3.8) is 0 Å². The van der Waals surface area contributed by atoms with E-state index >= 15 is 0 Å². The van der Waals surface area contributed by atoms with Crippen molar-refractivity contribution < 1.29 is 38.0 Å². The zero-order valence-corrected chi connectivity index (χ0v) is 21.4. The third-order valence-electron chi connectivity index (χ3n) is 6.47. The number of alkyl halides is 3. The molecule has 0 bridgehead atoms. The van der Waals surface area contributed by atoms with Crippen LogP contribution in [0.3, 0.4) is 0 Å². The Morgan fingerprint density at radius 3 is 2.34 bits per heavy atom. The fourth-order valence-corrected chi connectivity index (χ4v) is 4.45. The molecule has 208 valence electrons. The Morgan fingerprint density at radius 2 is 1.66 bits per heavy atom. The highest BCUT2D eigenvalue weighted by Crippen LogP contribution is 2.45. The number of azo groups is 1. The zero-order chi connectivity index (χ0) is 29.3. The number of aryl methyl sites for hydroxylation is 1. The fraction of sp³-hybridized carbons (Fsp3) is 0.100. The van der Waals surface area contributed by atoms with E-state index < -0.39 is 23.8 Å². The Morgan fingerprint density at radius 1 is 0.927 bits per heavy atom. The summed E-state index contributed by atoms with van der Waals surface area (Å²) in [5, 5.41) is 39.4. The van der Waals surface area contributed by atoms with Gasteiger partial charge in [-0.2, -0.15) is 13.2 Å². The van der Waals surface area contributed by atoms with Gasteiger partial charge in [0.25, 0.3) is 0 Å². The Balaban J connectivity index is 1.61. The molecule has 0 unspecified atom stereocenters. The normalized spacial score (nSPS) is 11.8. The van der Waals surface area contributed by atoms with Gasteiger partial charge >= 0.3 is 12.3 Å². The van der Waals surface area contributed by atoms with Crippen LogP contribution in [0.2, 0.25) is 0 Å². The van der Waals surface area contributed by atoms with Gasteiger partial charge in [-0.05, 0) is 66.1 Å². The van der Waals surface area contributed by atoms with Crippen molar-refractivity contribution in [1.82, 2.24) is 4.57 Å². The molecular weight excluding hydrogens is 539 g/mol. The number of carbonyl (C=O) groups is 1. The van der Waals surface area contributed by atoms with Crippen molar-refractivity contribution >= 4 is 28.4 Å². The molecule has 5 rings (SSSR count). The molecule has 4 aromatic carbocycles. The largest absolute Gasteiger partial charge is 0.511 e. The number of halogens is 3. The lowest BCUT2D eigenvalue weighted by molar-refractivity contribution is -0.137. The number of phenolic OH excluding ortho intramolecular Hbond substituents is 1. The molecule has 0 saturated heterocycles. The second-order valence-corrected chi connectivity index (χ2v) is 9.03. The molecule has 0 aliphatic heterocycles. The summed E-state index contributed by atoms with van der Waals surface area (Å²) in [4.78, 5) is 10.9. The molecule has 3 N–H and O–H groups in total. The van der Waals surface area contributed by atoms with Crippen LogP contribution in [-0.2, 0) is 12.6 Å². The summed E-state index contributed by atoms with van der Waals surface area (Å²) in [5.74, 6) is -0.674. The summed E-state index contributed by atoms with van der Waals surface area (Å²) in [7, 11) is 0. The number of hydrogen-bond acceptors (Lipinski definition) is 6. The molecule has 0 aliphatic rings. The summed E-state index contributed by atoms with van der Waals surface area (Å²) in [6, 6.07) is 20.7. The molecule has 11 heteroatoms. The number of nitrogens with zero attached hydrogens (tertiary/aromatic N) is 3. The van der Waals surface area contributed by atoms with Gasteiger partial charge in [-0.25, -0.2) is 4.79 Å². The average Bonchev–Trinajstić information content (AvgIpc) is 3.22. The van der Waals surface area contributed by atoms with Crippen LogP contribution in [0.25, 0.3) is 27.7 Å². The number of phenols is 1. The van der Waals surface area contributed by atoms with E-state index in [4.69, 9.17) is 5.11 Å². The summed E-state index contributed by atoms with van der Waals surface area (Å²) >= 11 is 0. The van der Waals surface area contributed by atoms with Gasteiger partial charge < -0.3 is 20.1 Å². The molecule has 0 radical (unpaired) electrons. The number of rotatable bonds is 6. The van der Waals surface area contributed by atoms with Gasteiger partial charge in [-0.15, -0.1) is 10.2 Å². The number of fused-ring (bicyclic) bond motifs is 1. The van der Waals surface area contributed by atoms with E-state index in [1.54, 1.807) is 36.4 Å². The van der Waals surface area contributed by atoms with E-state index in [9.17, 15) is 28.2 Å². The minimum atomic E-state index is -4.61. The maximum atomic E-state index is 13.6. The van der Waals surface area contributed by atoms with Crippen LogP contribution in [0.1, 0.15) is 18.1 Å². The van der Waals surface area contributed by atoms with Crippen LogP contribution in [0.4, 0.5) is 29.3 Å². The second-order valence-electron chi connectivity index (χ2n) is 9.03. The van der Waals surface area contributed by atoms with Crippen molar-refractivity contribution in [2.24, 2.45) is 10.2 Å². The number of ether oxygens (including phenoxy) is 1. The van der Waals surface area contributed by atoms with E-state index in [0.717, 1.165) is 24.1 Å². The number of carboxylic acid groups (broad SMARTS) is 1. The summed E-state index contributed by atoms with van der Waals surface area (Å²) < 4.78 is 46.6. The van der Waals surface area contributed by atoms with Crippen molar-refractivity contribution in [2.45, 2.75) is 19.5 Å². The summed E-state index contributed by atoms with van der Waals surface area (Å²) in [6.07, 6.45) is -5.34. The molecule has 1 aromatic heterocycles. The molecule has 1 heterocycles. The lowest BCUT2D eigenvalue weighted by Crippen LogP contribution is -2.05. The summed E-state index contributed by atoms with van der Waals surface area (Å²) in [6.45, 7) is 1.97. The first kappa shape index (κ1) is 27.3. The van der Waals surface area contributed by atoms with Gasteiger partial charge in [-0.1, -0.05) is 43.3 Å². The van der Waals surface area contributed by atoms with Crippen LogP contribution in [0, 0.1) is 0 Å². The summed E-state index contributed by atoms with van der Waals surface area (Å²) in [5.41, 5.74) is 1.28. The van der Waals surface area contributed by atoms with E-state index in [2.05, 4.69) is 15.0 Å². The highest BCUT2D eigenvalue weighted by atomic mass is 19.4. The number of hydrogen-bond donors (Lipinski definition) is 3. The van der Waals surface area contributed by atoms with E-state index in [1.165, 1.54) is 28.8 Å². The van der Waals surface area contributed by atoms with E-state index in [-0.39, 0.29) is 33.8 Å². The third-order valence-corrected chi connectivity index (χ3v) is 6.47. The quantitative estimate of drug-likeness (QED) is 0.109. The second kappa shape index (κ2) is 10.7. The van der Waals surface area contributed by atoms with Gasteiger partial charge in [0, 0.05) is 16.6 Å². The Labute approximate surface area is 231 Å². The third kappa shape index (κ3) is 5.42. The molecule has 5 aromatic rings. The molecular formula is C30H22F3N3O5. The fourth-order valence-electron chi connectivity index (χ4n) is 4.45. The first-order valence-corrected chi connectivity index (χ1v) is 12.4. The minimum Gasteiger partial charge on any atom is -0.505 e. The van der Waals surface area contributed by atoms with Gasteiger partial charge in [0.1, 0.15) is 11.4 Å². The lowest BCUT2D eigenvalue weighted by atomic mass is 10.0. The van der Waals surface area contributed by atoms with Gasteiger partial charge in [0.05, 0.1) is 11.1 Å². The monoisotopic (exact) mass is 561 g/mol. The topological polar surface area (TPSA) is 117 Å². The predicted octanol–water partition coefficient (Wildman–Crippen LogP) is 8.76. The van der Waals surface area contributed by atoms with Gasteiger partial charge in [-0.3, -0.25) is 4.57 Å². The molecule has 41 heavy (non-hydrogen) atoms. The Hall–Kier alpha value is -5.32. The van der Waals surface area contributed by atoms with Gasteiger partial charge in [0.2, 0.25) is 5.88 Å². The van der Waals surface area contributed by atoms with Crippen molar-refractivity contribution in [3.8, 4) is 34.2 Å². The van der Waals surface area contributed by atoms with Crippen molar-refractivity contribution in [3.05, 3.63) is 96.1 Å². The molecule has 0 spiro atoms. The minimum absolute atomic E-state index is 0.00608. The van der Waals surface area contributed by atoms with Crippen molar-refractivity contribution in [2.75, 3.05) is 0 Å². The van der Waals surface area contributed by atoms with Crippen molar-refractivity contribution in [1.29, 1.82) is 0 Å². The highest BCUT2D eigenvalue weighted by molar-refractivity contribution is 5.97. The van der Waals surface area contributed by atoms with Crippen LogP contribution >= 0.6 is 0 Å². The lowest BCUT2D eigenvalue weighted by Gasteiger charge is -2.10. The predicted molar refractivity (Wildman–Crippen MR) is 146 cm³/mol. The maximum absolute atomic E-state index is 13.6. The van der Waals surface area contributed by atoms with Crippen LogP contribution in [-0.4, -0.2) is 26.0 Å². The molecule has 0 saturated carbocycles. The first-order valence-electron chi connectivity index (χ1n) is 12.4. The smallest absolute Gasteiger partial charge is 0.505 e. The number of aromatic nitrogens is 1. The molecule has 0 amide bonds. The standard InChI is InChI=1S/C30H22F3N3O5/c1-2-17-9-12-20(13-10-17)36-25-16-19(30(31,32)33)11-14-23(25)26(28(36)38)35-34-24-8-4-7-22(27(24)37)18-5-3-6-21(15-18)41-29(39)40/h3-16,37-38H,2H2,1H3,(H,39,40). The van der Waals surface area contributed by atoms with E-state index in [0.29, 0.717) is 16.8 Å². The SMILES string of the molecule is CCc1ccc(-n2c(O)c(N=Nc3cccc(-c4cccc(OC(=O)O)c4)c3O)c3ccc(C(F)(F)F)cc32)cc1. The molecule has 0 aliphatic carbocycles. The van der Waals surface area contributed by atoms with Crippen LogP contribution in [0.5, 0.6) is 17.4 Å². The Bertz CT molecular complexity index is 1790. The molecule has 0 atom stereocenters. The molecule has 0 fully saturated rings. The van der Waals surface area contributed by atoms with E-state index in [1.807, 2.05) is 19.1 Å². The number of para-hydroxylation sites is 1. The van der Waals surface area contributed by atoms with Crippen LogP contribution in [0.15, 0.2) is 95.2 Å². The number of benzene rings is 4. The van der Waals surface area contributed by atoms with Crippen LogP contribution < -0.4 is 4.74 Å². The maximum Gasteiger partial charge on any atom is 0.511 e. The Kier molecular flexibility index (Phi) is 7.10. The highest BCUT2D eigenvalue weighted by Gasteiger charge is 2.32.